The third-order valence-electron chi connectivity index (χ3n) is 4.49. The minimum absolute atomic E-state index is 0.287. The van der Waals surface area contributed by atoms with Crippen LogP contribution in [0.2, 0.25) is 0 Å². The second-order valence-corrected chi connectivity index (χ2v) is 8.73. The molecule has 0 aromatic heterocycles. The Bertz CT molecular complexity index is 636. The van der Waals surface area contributed by atoms with Gasteiger partial charge in [-0.05, 0) is 74.4 Å². The number of nitrogens with zero attached hydrogens (tertiary/aromatic N) is 1. The van der Waals surface area contributed by atoms with Crippen molar-refractivity contribution in [3.63, 3.8) is 0 Å². The lowest BCUT2D eigenvalue weighted by Crippen LogP contribution is -2.61. The largest absolute Gasteiger partial charge is 0.444 e. The van der Waals surface area contributed by atoms with Crippen molar-refractivity contribution < 1.29 is 14.6 Å². The molecule has 24 heavy (non-hydrogen) atoms. The molecule has 0 saturated carbocycles. The summed E-state index contributed by atoms with van der Waals surface area (Å²) in [5.41, 5.74) is 0.947. The summed E-state index contributed by atoms with van der Waals surface area (Å²) in [7, 11) is 0. The van der Waals surface area contributed by atoms with E-state index in [0.717, 1.165) is 14.9 Å². The van der Waals surface area contributed by atoms with Gasteiger partial charge in [-0.2, -0.15) is 0 Å². The average molecular weight is 445 g/mol. The Balaban J connectivity index is 1.70. The molecule has 1 amide bonds. The van der Waals surface area contributed by atoms with Gasteiger partial charge < -0.3 is 25.4 Å². The number of fused-ring (bicyclic) bond motifs is 1. The van der Waals surface area contributed by atoms with E-state index in [1.54, 1.807) is 4.90 Å². The van der Waals surface area contributed by atoms with Crippen molar-refractivity contribution in [2.24, 2.45) is 0 Å². The first-order chi connectivity index (χ1) is 11.2. The van der Waals surface area contributed by atoms with Crippen LogP contribution in [-0.2, 0) is 4.74 Å². The molecule has 0 radical (unpaired) electrons. The monoisotopic (exact) mass is 445 g/mol. The summed E-state index contributed by atoms with van der Waals surface area (Å²) in [6.07, 6.45) is 0.341. The van der Waals surface area contributed by atoms with E-state index in [1.165, 1.54) is 0 Å². The Hall–Kier alpha value is -1.22. The average Bonchev–Trinajstić information content (AvgIpc) is 2.48. The van der Waals surface area contributed by atoms with Gasteiger partial charge in [0.05, 0.1) is 16.9 Å². The molecule has 1 aromatic carbocycles. The Morgan fingerprint density at radius 2 is 2.00 bits per heavy atom. The summed E-state index contributed by atoms with van der Waals surface area (Å²) in [5.74, 6) is 0. The highest BCUT2D eigenvalue weighted by molar-refractivity contribution is 14.1. The van der Waals surface area contributed by atoms with E-state index in [2.05, 4.69) is 39.3 Å². The number of hydrogen-bond donors (Lipinski definition) is 3. The smallest absolute Gasteiger partial charge is 0.410 e. The van der Waals surface area contributed by atoms with E-state index >= 15 is 0 Å². The highest BCUT2D eigenvalue weighted by atomic mass is 127. The number of carbonyl (C=O) groups excluding carboxylic acids is 1. The molecule has 1 unspecified atom stereocenters. The van der Waals surface area contributed by atoms with Gasteiger partial charge in [-0.1, -0.05) is 0 Å². The van der Waals surface area contributed by atoms with Crippen molar-refractivity contribution >= 4 is 40.1 Å². The van der Waals surface area contributed by atoms with Crippen LogP contribution in [0.3, 0.4) is 0 Å². The molecule has 3 rings (SSSR count). The number of ether oxygens (including phenoxy) is 1. The van der Waals surface area contributed by atoms with Gasteiger partial charge in [-0.3, -0.25) is 0 Å². The highest BCUT2D eigenvalue weighted by Crippen LogP contribution is 2.39. The van der Waals surface area contributed by atoms with Gasteiger partial charge in [0.15, 0.2) is 0 Å². The van der Waals surface area contributed by atoms with Crippen molar-refractivity contribution in [1.82, 2.24) is 4.90 Å². The molecule has 0 bridgehead atoms. The van der Waals surface area contributed by atoms with Crippen LogP contribution >= 0.6 is 22.6 Å². The van der Waals surface area contributed by atoms with Crippen molar-refractivity contribution in [1.29, 1.82) is 0 Å². The Morgan fingerprint density at radius 3 is 2.62 bits per heavy atom. The van der Waals surface area contributed by atoms with Gasteiger partial charge >= 0.3 is 6.09 Å². The molecule has 7 heteroatoms. The Kier molecular flexibility index (Phi) is 4.59. The zero-order valence-corrected chi connectivity index (χ0v) is 16.4. The van der Waals surface area contributed by atoms with Gasteiger partial charge in [0.25, 0.3) is 0 Å². The summed E-state index contributed by atoms with van der Waals surface area (Å²) >= 11 is 2.27. The standard InChI is InChI=1S/C17H24IN3O3/c1-16(2,3)24-15(23)21-8-6-17(7-9-21)14(22)19-12-5-4-11(18)10-13(12)20-17/h4-5,10,14,19-20,22H,6-9H2,1-3H3. The lowest BCUT2D eigenvalue weighted by molar-refractivity contribution is 0.00809. The van der Waals surface area contributed by atoms with Crippen LogP contribution in [0.25, 0.3) is 0 Å². The molecular formula is C17H24IN3O3. The third-order valence-corrected chi connectivity index (χ3v) is 5.16. The fourth-order valence-corrected chi connectivity index (χ4v) is 3.67. The molecule has 132 valence electrons. The molecule has 1 saturated heterocycles. The first-order valence-corrected chi connectivity index (χ1v) is 9.27. The number of rotatable bonds is 0. The zero-order valence-electron chi connectivity index (χ0n) is 14.2. The quantitative estimate of drug-likeness (QED) is 0.535. The number of piperidine rings is 1. The van der Waals surface area contributed by atoms with Gasteiger partial charge in [-0.15, -0.1) is 0 Å². The normalized spacial score (nSPS) is 22.4. The molecule has 1 spiro atoms. The lowest BCUT2D eigenvalue weighted by atomic mass is 9.83. The predicted octanol–water partition coefficient (Wildman–Crippen LogP) is 3.22. The molecule has 2 aliphatic heterocycles. The van der Waals surface area contributed by atoms with Gasteiger partial charge in [0.1, 0.15) is 11.8 Å². The van der Waals surface area contributed by atoms with E-state index in [9.17, 15) is 9.90 Å². The molecule has 1 atom stereocenters. The molecular weight excluding hydrogens is 421 g/mol. The Labute approximate surface area is 156 Å². The van der Waals surface area contributed by atoms with E-state index in [-0.39, 0.29) is 6.09 Å². The molecule has 1 fully saturated rings. The van der Waals surface area contributed by atoms with Crippen LogP contribution in [0, 0.1) is 3.57 Å². The van der Waals surface area contributed by atoms with Crippen LogP contribution in [0.15, 0.2) is 18.2 Å². The number of nitrogens with one attached hydrogen (secondary N) is 2. The first-order valence-electron chi connectivity index (χ1n) is 8.19. The second kappa shape index (κ2) is 6.25. The van der Waals surface area contributed by atoms with Gasteiger partial charge in [-0.25, -0.2) is 4.79 Å². The van der Waals surface area contributed by atoms with Crippen LogP contribution in [0.1, 0.15) is 33.6 Å². The van der Waals surface area contributed by atoms with E-state index in [4.69, 9.17) is 4.74 Å². The fraction of sp³-hybridized carbons (Fsp3) is 0.588. The SMILES string of the molecule is CC(C)(C)OC(=O)N1CCC2(CC1)Nc1cc(I)ccc1NC2O. The number of hydrogen-bond acceptors (Lipinski definition) is 5. The van der Waals surface area contributed by atoms with Crippen LogP contribution < -0.4 is 10.6 Å². The zero-order chi connectivity index (χ0) is 17.5. The number of carbonyl (C=O) groups is 1. The van der Waals surface area contributed by atoms with Gasteiger partial charge in [0, 0.05) is 16.7 Å². The molecule has 0 aliphatic carbocycles. The fourth-order valence-electron chi connectivity index (χ4n) is 3.18. The van der Waals surface area contributed by atoms with E-state index in [0.29, 0.717) is 25.9 Å². The number of anilines is 2. The second-order valence-electron chi connectivity index (χ2n) is 7.49. The van der Waals surface area contributed by atoms with Crippen LogP contribution in [0.5, 0.6) is 0 Å². The third kappa shape index (κ3) is 3.56. The van der Waals surface area contributed by atoms with Crippen molar-refractivity contribution in [2.75, 3.05) is 23.7 Å². The number of likely N-dealkylation sites (tertiary alicyclic amines) is 1. The van der Waals surface area contributed by atoms with Crippen molar-refractivity contribution in [3.8, 4) is 0 Å². The van der Waals surface area contributed by atoms with E-state index < -0.39 is 17.4 Å². The maximum atomic E-state index is 12.2. The van der Waals surface area contributed by atoms with E-state index in [1.807, 2.05) is 32.9 Å². The number of aliphatic hydroxyl groups excluding tert-OH is 1. The topological polar surface area (TPSA) is 73.8 Å². The minimum atomic E-state index is -0.689. The lowest BCUT2D eigenvalue weighted by Gasteiger charge is -2.48. The van der Waals surface area contributed by atoms with Gasteiger partial charge in [0.2, 0.25) is 0 Å². The number of benzene rings is 1. The summed E-state index contributed by atoms with van der Waals surface area (Å²) in [6, 6.07) is 6.04. The highest BCUT2D eigenvalue weighted by Gasteiger charge is 2.45. The number of halogens is 1. The van der Waals surface area contributed by atoms with Crippen molar-refractivity contribution in [2.45, 2.75) is 51.0 Å². The Morgan fingerprint density at radius 1 is 1.33 bits per heavy atom. The molecule has 6 nitrogen and oxygen atoms in total. The molecule has 2 aliphatic rings. The predicted molar refractivity (Wildman–Crippen MR) is 102 cm³/mol. The summed E-state index contributed by atoms with van der Waals surface area (Å²) in [4.78, 5) is 13.9. The molecule has 1 aromatic rings. The van der Waals surface area contributed by atoms with Crippen LogP contribution in [-0.4, -0.2) is 46.6 Å². The first kappa shape index (κ1) is 17.6. The molecule has 3 N–H and O–H groups in total. The minimum Gasteiger partial charge on any atom is -0.444 e. The maximum Gasteiger partial charge on any atom is 0.410 e. The summed E-state index contributed by atoms with van der Waals surface area (Å²) in [5, 5.41) is 17.3. The number of aliphatic hydroxyl groups is 1. The number of amides is 1. The summed E-state index contributed by atoms with van der Waals surface area (Å²) in [6.45, 7) is 6.71. The van der Waals surface area contributed by atoms with Crippen molar-refractivity contribution in [3.05, 3.63) is 21.8 Å². The molecule has 2 heterocycles. The van der Waals surface area contributed by atoms with Crippen LogP contribution in [0.4, 0.5) is 16.2 Å². The maximum absolute atomic E-state index is 12.2. The summed E-state index contributed by atoms with van der Waals surface area (Å²) < 4.78 is 6.58.